The standard InChI is InChI=1S/C13H22O3/c1-13(2)9-4-5-10(13)8(6-9)7-11(14)12(15)16-3/h8-11,14H,4-7H2,1-3H3/t8-,9+,10-,11-/m1/s1. The van der Waals surface area contributed by atoms with Crippen LogP contribution < -0.4 is 0 Å². The van der Waals surface area contributed by atoms with Crippen LogP contribution in [0.5, 0.6) is 0 Å². The van der Waals surface area contributed by atoms with E-state index in [-0.39, 0.29) is 0 Å². The number of carbonyl (C=O) groups excluding carboxylic acids is 1. The van der Waals surface area contributed by atoms with Gasteiger partial charge in [-0.25, -0.2) is 4.79 Å². The zero-order valence-corrected chi connectivity index (χ0v) is 10.4. The van der Waals surface area contributed by atoms with Crippen molar-refractivity contribution in [2.75, 3.05) is 7.11 Å². The molecule has 2 fully saturated rings. The minimum Gasteiger partial charge on any atom is -0.467 e. The fourth-order valence-corrected chi connectivity index (χ4v) is 4.00. The van der Waals surface area contributed by atoms with Crippen molar-refractivity contribution in [3.05, 3.63) is 0 Å². The van der Waals surface area contributed by atoms with E-state index in [1.807, 2.05) is 0 Å². The smallest absolute Gasteiger partial charge is 0.334 e. The molecule has 2 aliphatic carbocycles. The van der Waals surface area contributed by atoms with Crippen molar-refractivity contribution in [3.63, 3.8) is 0 Å². The first kappa shape index (κ1) is 11.9. The second-order valence-corrected chi connectivity index (χ2v) is 5.97. The van der Waals surface area contributed by atoms with E-state index in [2.05, 4.69) is 18.6 Å². The van der Waals surface area contributed by atoms with Gasteiger partial charge in [0.1, 0.15) is 0 Å². The molecule has 0 saturated heterocycles. The summed E-state index contributed by atoms with van der Waals surface area (Å²) in [6.07, 6.45) is 3.41. The van der Waals surface area contributed by atoms with Crippen molar-refractivity contribution in [1.29, 1.82) is 0 Å². The largest absolute Gasteiger partial charge is 0.467 e. The normalized spacial score (nSPS) is 37.4. The van der Waals surface area contributed by atoms with Crippen LogP contribution >= 0.6 is 0 Å². The van der Waals surface area contributed by atoms with Crippen LogP contribution in [0.2, 0.25) is 0 Å². The Morgan fingerprint density at radius 3 is 2.62 bits per heavy atom. The Labute approximate surface area is 97.2 Å². The Bertz CT molecular complexity index is 285. The molecular weight excluding hydrogens is 204 g/mol. The number of methoxy groups -OCH3 is 1. The lowest BCUT2D eigenvalue weighted by atomic mass is 9.79. The molecule has 0 aromatic rings. The molecule has 2 bridgehead atoms. The second kappa shape index (κ2) is 4.02. The van der Waals surface area contributed by atoms with E-state index in [0.717, 1.165) is 5.92 Å². The topological polar surface area (TPSA) is 46.5 Å². The quantitative estimate of drug-likeness (QED) is 0.748. The molecular formula is C13H22O3. The third kappa shape index (κ3) is 1.75. The van der Waals surface area contributed by atoms with E-state index >= 15 is 0 Å². The van der Waals surface area contributed by atoms with E-state index in [1.165, 1.54) is 26.4 Å². The molecule has 2 rings (SSSR count). The maximum absolute atomic E-state index is 11.2. The lowest BCUT2D eigenvalue weighted by Crippen LogP contribution is -2.28. The van der Waals surface area contributed by atoms with Gasteiger partial charge in [-0.15, -0.1) is 0 Å². The highest BCUT2D eigenvalue weighted by molar-refractivity contribution is 5.74. The number of aliphatic hydroxyl groups excluding tert-OH is 1. The minimum absolute atomic E-state index is 0.403. The van der Waals surface area contributed by atoms with Gasteiger partial charge >= 0.3 is 5.97 Å². The highest BCUT2D eigenvalue weighted by Gasteiger charge is 2.53. The Morgan fingerprint density at radius 1 is 1.50 bits per heavy atom. The van der Waals surface area contributed by atoms with Crippen LogP contribution in [0.15, 0.2) is 0 Å². The van der Waals surface area contributed by atoms with Gasteiger partial charge in [-0.2, -0.15) is 0 Å². The molecule has 0 spiro atoms. The van der Waals surface area contributed by atoms with Crippen LogP contribution in [0.3, 0.4) is 0 Å². The molecule has 2 aliphatic rings. The van der Waals surface area contributed by atoms with Crippen LogP contribution in [-0.4, -0.2) is 24.3 Å². The summed E-state index contributed by atoms with van der Waals surface area (Å²) in [5.41, 5.74) is 0.403. The van der Waals surface area contributed by atoms with Crippen LogP contribution in [0.4, 0.5) is 0 Å². The molecule has 0 heterocycles. The Hall–Kier alpha value is -0.570. The van der Waals surface area contributed by atoms with Gasteiger partial charge in [0.15, 0.2) is 6.10 Å². The lowest BCUT2D eigenvalue weighted by Gasteiger charge is -2.27. The number of esters is 1. The number of carbonyl (C=O) groups is 1. The van der Waals surface area contributed by atoms with Crippen molar-refractivity contribution in [2.24, 2.45) is 23.2 Å². The summed E-state index contributed by atoms with van der Waals surface area (Å²) in [5, 5.41) is 9.70. The van der Waals surface area contributed by atoms with Crippen LogP contribution in [-0.2, 0) is 9.53 Å². The van der Waals surface area contributed by atoms with Gasteiger partial charge in [0.2, 0.25) is 0 Å². The maximum Gasteiger partial charge on any atom is 0.334 e. The molecule has 0 aliphatic heterocycles. The minimum atomic E-state index is -0.926. The van der Waals surface area contributed by atoms with Gasteiger partial charge < -0.3 is 9.84 Å². The highest BCUT2D eigenvalue weighted by atomic mass is 16.5. The summed E-state index contributed by atoms with van der Waals surface area (Å²) in [7, 11) is 1.33. The molecule has 0 aromatic carbocycles. The fraction of sp³-hybridized carbons (Fsp3) is 0.923. The Kier molecular flexibility index (Phi) is 2.99. The zero-order chi connectivity index (χ0) is 11.9. The predicted molar refractivity (Wildman–Crippen MR) is 60.7 cm³/mol. The first-order valence-corrected chi connectivity index (χ1v) is 6.22. The van der Waals surface area contributed by atoms with Gasteiger partial charge in [-0.05, 0) is 48.9 Å². The van der Waals surface area contributed by atoms with Gasteiger partial charge in [0.05, 0.1) is 7.11 Å². The van der Waals surface area contributed by atoms with Crippen LogP contribution in [0.25, 0.3) is 0 Å². The molecule has 0 radical (unpaired) electrons. The van der Waals surface area contributed by atoms with E-state index in [0.29, 0.717) is 23.7 Å². The number of fused-ring (bicyclic) bond motifs is 2. The van der Waals surface area contributed by atoms with Gasteiger partial charge in [-0.3, -0.25) is 0 Å². The summed E-state index contributed by atoms with van der Waals surface area (Å²) in [6, 6.07) is 0. The molecule has 92 valence electrons. The molecule has 16 heavy (non-hydrogen) atoms. The first-order valence-electron chi connectivity index (χ1n) is 6.22. The van der Waals surface area contributed by atoms with Crippen molar-refractivity contribution in [1.82, 2.24) is 0 Å². The summed E-state index contributed by atoms with van der Waals surface area (Å²) in [6.45, 7) is 4.67. The third-order valence-corrected chi connectivity index (χ3v) is 4.99. The van der Waals surface area contributed by atoms with E-state index in [1.54, 1.807) is 0 Å². The Morgan fingerprint density at radius 2 is 2.19 bits per heavy atom. The summed E-state index contributed by atoms with van der Waals surface area (Å²) in [4.78, 5) is 11.2. The van der Waals surface area contributed by atoms with Crippen molar-refractivity contribution in [3.8, 4) is 0 Å². The highest BCUT2D eigenvalue weighted by Crippen LogP contribution is 2.61. The molecule has 0 amide bonds. The molecule has 3 nitrogen and oxygen atoms in total. The maximum atomic E-state index is 11.2. The first-order chi connectivity index (χ1) is 7.46. The molecule has 0 aromatic heterocycles. The monoisotopic (exact) mass is 226 g/mol. The van der Waals surface area contributed by atoms with Gasteiger partial charge in [-0.1, -0.05) is 13.8 Å². The van der Waals surface area contributed by atoms with Gasteiger partial charge in [0, 0.05) is 0 Å². The number of hydrogen-bond acceptors (Lipinski definition) is 3. The average molecular weight is 226 g/mol. The Balaban J connectivity index is 1.97. The number of ether oxygens (including phenoxy) is 1. The number of rotatable bonds is 3. The number of aliphatic hydroxyl groups is 1. The molecule has 1 N–H and O–H groups in total. The lowest BCUT2D eigenvalue weighted by molar-refractivity contribution is -0.151. The molecule has 0 unspecified atom stereocenters. The van der Waals surface area contributed by atoms with Crippen LogP contribution in [0, 0.1) is 23.2 Å². The van der Waals surface area contributed by atoms with Crippen molar-refractivity contribution >= 4 is 5.97 Å². The predicted octanol–water partition coefficient (Wildman–Crippen LogP) is 1.98. The van der Waals surface area contributed by atoms with E-state index in [4.69, 9.17) is 0 Å². The second-order valence-electron chi connectivity index (χ2n) is 5.97. The molecule has 3 heteroatoms. The summed E-state index contributed by atoms with van der Waals surface area (Å²) >= 11 is 0. The molecule has 2 saturated carbocycles. The third-order valence-electron chi connectivity index (χ3n) is 4.99. The van der Waals surface area contributed by atoms with E-state index in [9.17, 15) is 9.90 Å². The molecule has 4 atom stereocenters. The fourth-order valence-electron chi connectivity index (χ4n) is 4.00. The van der Waals surface area contributed by atoms with Crippen LogP contribution in [0.1, 0.15) is 39.5 Å². The SMILES string of the molecule is COC(=O)[C@H](O)C[C@H]1C[C@@H]2CC[C@H]1C2(C)C. The van der Waals surface area contributed by atoms with E-state index < -0.39 is 12.1 Å². The summed E-state index contributed by atoms with van der Waals surface area (Å²) < 4.78 is 4.57. The van der Waals surface area contributed by atoms with Crippen molar-refractivity contribution < 1.29 is 14.6 Å². The average Bonchev–Trinajstić information content (AvgIpc) is 2.65. The number of hydrogen-bond donors (Lipinski definition) is 1. The van der Waals surface area contributed by atoms with Crippen molar-refractivity contribution in [2.45, 2.75) is 45.6 Å². The summed E-state index contributed by atoms with van der Waals surface area (Å²) in [5.74, 6) is 1.48. The zero-order valence-electron chi connectivity index (χ0n) is 10.4. The van der Waals surface area contributed by atoms with Gasteiger partial charge in [0.25, 0.3) is 0 Å².